The molecule has 11 heteroatoms. The summed E-state index contributed by atoms with van der Waals surface area (Å²) in [5.74, 6) is -0.506. The summed E-state index contributed by atoms with van der Waals surface area (Å²) in [7, 11) is -3.22. The molecule has 4 heterocycles. The molecule has 0 N–H and O–H groups in total. The third kappa shape index (κ3) is 5.49. The van der Waals surface area contributed by atoms with Crippen LogP contribution in [0, 0.1) is 11.6 Å². The summed E-state index contributed by atoms with van der Waals surface area (Å²) >= 11 is 0. The molecule has 0 bridgehead atoms. The van der Waals surface area contributed by atoms with E-state index in [1.165, 1.54) is 10.4 Å². The zero-order valence-electron chi connectivity index (χ0n) is 21.5. The Morgan fingerprint density at radius 1 is 1.08 bits per heavy atom. The maximum absolute atomic E-state index is 15.0. The topological polar surface area (TPSA) is 88.5 Å². The zero-order chi connectivity index (χ0) is 26.9. The average molecular weight is 544 g/mol. The van der Waals surface area contributed by atoms with E-state index in [0.29, 0.717) is 48.9 Å². The van der Waals surface area contributed by atoms with Crippen molar-refractivity contribution in [2.24, 2.45) is 0 Å². The number of halogens is 2. The quantitative estimate of drug-likeness (QED) is 0.438. The number of hydrogen-bond donors (Lipinski definition) is 0. The summed E-state index contributed by atoms with van der Waals surface area (Å²) in [6.45, 7) is 5.93. The SMILES string of the molecule is CCC(C)N1CCOc2c(F)cc(-c3nc(Cc4ccc(CN5CCCCS5(=O)=O)cn4)ncc3F)cc21. The van der Waals surface area contributed by atoms with Crippen LogP contribution in [0.3, 0.4) is 0 Å². The van der Waals surface area contributed by atoms with Crippen LogP contribution in [0.25, 0.3) is 11.3 Å². The number of anilines is 1. The highest BCUT2D eigenvalue weighted by Crippen LogP contribution is 2.39. The van der Waals surface area contributed by atoms with E-state index in [4.69, 9.17) is 4.74 Å². The number of fused-ring (bicyclic) bond motifs is 1. The van der Waals surface area contributed by atoms with E-state index in [2.05, 4.69) is 33.7 Å². The lowest BCUT2D eigenvalue weighted by Crippen LogP contribution is -2.39. The van der Waals surface area contributed by atoms with Crippen molar-refractivity contribution in [3.05, 3.63) is 65.4 Å². The number of nitrogens with zero attached hydrogens (tertiary/aromatic N) is 5. The predicted molar refractivity (Wildman–Crippen MR) is 140 cm³/mol. The molecule has 1 aromatic carbocycles. The summed E-state index contributed by atoms with van der Waals surface area (Å²) in [5, 5.41) is 0. The molecule has 2 aliphatic heterocycles. The molecule has 0 amide bonds. The van der Waals surface area contributed by atoms with Gasteiger partial charge in [-0.15, -0.1) is 0 Å². The van der Waals surface area contributed by atoms with Crippen LogP contribution in [0.5, 0.6) is 5.75 Å². The minimum atomic E-state index is -3.22. The van der Waals surface area contributed by atoms with Gasteiger partial charge in [-0.25, -0.2) is 27.2 Å². The highest BCUT2D eigenvalue weighted by molar-refractivity contribution is 7.89. The molecule has 1 unspecified atom stereocenters. The van der Waals surface area contributed by atoms with Gasteiger partial charge < -0.3 is 9.64 Å². The van der Waals surface area contributed by atoms with Crippen molar-refractivity contribution in [3.8, 4) is 17.0 Å². The Kier molecular flexibility index (Phi) is 7.58. The molecular weight excluding hydrogens is 512 g/mol. The van der Waals surface area contributed by atoms with Crippen molar-refractivity contribution in [2.75, 3.05) is 30.3 Å². The monoisotopic (exact) mass is 543 g/mol. The van der Waals surface area contributed by atoms with Crippen LogP contribution in [0.1, 0.15) is 50.2 Å². The second-order valence-corrected chi connectivity index (χ2v) is 11.9. The lowest BCUT2D eigenvalue weighted by Gasteiger charge is -2.36. The molecule has 2 aliphatic rings. The van der Waals surface area contributed by atoms with Crippen molar-refractivity contribution < 1.29 is 21.9 Å². The van der Waals surface area contributed by atoms with Crippen molar-refractivity contribution in [2.45, 2.75) is 52.1 Å². The Morgan fingerprint density at radius 3 is 2.66 bits per heavy atom. The van der Waals surface area contributed by atoms with Gasteiger partial charge in [-0.1, -0.05) is 13.0 Å². The number of benzene rings is 1. The fraction of sp³-hybridized carbons (Fsp3) is 0.444. The van der Waals surface area contributed by atoms with E-state index in [1.54, 1.807) is 18.3 Å². The van der Waals surface area contributed by atoms with E-state index in [1.807, 2.05) is 6.07 Å². The maximum atomic E-state index is 15.0. The van der Waals surface area contributed by atoms with Crippen LogP contribution >= 0.6 is 0 Å². The van der Waals surface area contributed by atoms with Crippen molar-refractivity contribution >= 4 is 15.7 Å². The van der Waals surface area contributed by atoms with Crippen LogP contribution < -0.4 is 9.64 Å². The average Bonchev–Trinajstić information content (AvgIpc) is 2.91. The van der Waals surface area contributed by atoms with Crippen LogP contribution in [0.2, 0.25) is 0 Å². The lowest BCUT2D eigenvalue weighted by molar-refractivity contribution is 0.285. The Hall–Kier alpha value is -3.18. The molecule has 0 radical (unpaired) electrons. The third-order valence-corrected chi connectivity index (χ3v) is 9.04. The van der Waals surface area contributed by atoms with Gasteiger partial charge in [0.25, 0.3) is 0 Å². The van der Waals surface area contributed by atoms with Gasteiger partial charge in [-0.2, -0.15) is 4.31 Å². The van der Waals surface area contributed by atoms with E-state index in [-0.39, 0.29) is 36.2 Å². The fourth-order valence-electron chi connectivity index (χ4n) is 4.84. The van der Waals surface area contributed by atoms with Gasteiger partial charge in [0.15, 0.2) is 17.4 Å². The second kappa shape index (κ2) is 10.9. The zero-order valence-corrected chi connectivity index (χ0v) is 22.3. The summed E-state index contributed by atoms with van der Waals surface area (Å²) in [5.41, 5.74) is 2.36. The Morgan fingerprint density at radius 2 is 1.92 bits per heavy atom. The minimum Gasteiger partial charge on any atom is -0.486 e. The van der Waals surface area contributed by atoms with Crippen LogP contribution in [0.4, 0.5) is 14.5 Å². The molecular formula is C27H31F2N5O3S. The van der Waals surface area contributed by atoms with E-state index in [0.717, 1.165) is 24.6 Å². The van der Waals surface area contributed by atoms with Gasteiger partial charge in [-0.05, 0) is 49.9 Å². The van der Waals surface area contributed by atoms with Gasteiger partial charge in [-0.3, -0.25) is 4.98 Å². The Bertz CT molecular complexity index is 1420. The number of sulfonamides is 1. The number of ether oxygens (including phenoxy) is 1. The molecule has 1 fully saturated rings. The first-order chi connectivity index (χ1) is 18.2. The summed E-state index contributed by atoms with van der Waals surface area (Å²) in [4.78, 5) is 15.1. The van der Waals surface area contributed by atoms with E-state index >= 15 is 4.39 Å². The first-order valence-electron chi connectivity index (χ1n) is 12.9. The molecule has 8 nitrogen and oxygen atoms in total. The predicted octanol–water partition coefficient (Wildman–Crippen LogP) is 4.33. The highest BCUT2D eigenvalue weighted by Gasteiger charge is 2.27. The highest BCUT2D eigenvalue weighted by atomic mass is 32.2. The molecule has 38 heavy (non-hydrogen) atoms. The maximum Gasteiger partial charge on any atom is 0.214 e. The third-order valence-electron chi connectivity index (χ3n) is 7.14. The second-order valence-electron chi connectivity index (χ2n) is 9.78. The Balaban J connectivity index is 1.37. The van der Waals surface area contributed by atoms with Crippen molar-refractivity contribution in [1.29, 1.82) is 0 Å². The number of rotatable bonds is 7. The van der Waals surface area contributed by atoms with Gasteiger partial charge in [0.1, 0.15) is 18.1 Å². The standard InChI is InChI=1S/C27H31F2N5O3S/c1-3-18(2)34-9-10-37-27-22(28)12-20(13-24(27)34)26-23(29)16-31-25(32-26)14-21-7-6-19(15-30-21)17-33-8-4-5-11-38(33,35)36/h6-7,12-13,15-16,18H,3-5,8-11,14,17H2,1-2H3. The fourth-order valence-corrected chi connectivity index (χ4v) is 6.43. The van der Waals surface area contributed by atoms with E-state index in [9.17, 15) is 12.8 Å². The van der Waals surface area contributed by atoms with Crippen LogP contribution in [0.15, 0.2) is 36.7 Å². The molecule has 2 aromatic heterocycles. The summed E-state index contributed by atoms with van der Waals surface area (Å²) < 4.78 is 61.5. The lowest BCUT2D eigenvalue weighted by atomic mass is 10.1. The molecule has 1 atom stereocenters. The molecule has 3 aromatic rings. The van der Waals surface area contributed by atoms with Crippen LogP contribution in [-0.4, -0.2) is 59.2 Å². The molecule has 202 valence electrons. The van der Waals surface area contributed by atoms with E-state index < -0.39 is 21.7 Å². The first-order valence-corrected chi connectivity index (χ1v) is 14.5. The largest absolute Gasteiger partial charge is 0.486 e. The normalized spacial score (nSPS) is 18.1. The molecule has 5 rings (SSSR count). The van der Waals surface area contributed by atoms with Crippen molar-refractivity contribution in [1.82, 2.24) is 19.3 Å². The number of hydrogen-bond acceptors (Lipinski definition) is 7. The summed E-state index contributed by atoms with van der Waals surface area (Å²) in [6.07, 6.45) is 5.39. The molecule has 0 spiro atoms. The molecule has 0 saturated carbocycles. The smallest absolute Gasteiger partial charge is 0.214 e. The van der Waals surface area contributed by atoms with Gasteiger partial charge in [0.2, 0.25) is 10.0 Å². The number of aromatic nitrogens is 3. The van der Waals surface area contributed by atoms with Crippen molar-refractivity contribution in [3.63, 3.8) is 0 Å². The summed E-state index contributed by atoms with van der Waals surface area (Å²) in [6, 6.07) is 6.76. The first kappa shape index (κ1) is 26.4. The number of pyridine rings is 1. The molecule has 1 saturated heterocycles. The minimum absolute atomic E-state index is 0.0123. The van der Waals surface area contributed by atoms with Crippen LogP contribution in [-0.2, 0) is 23.0 Å². The molecule has 0 aliphatic carbocycles. The Labute approximate surface area is 221 Å². The van der Waals surface area contributed by atoms with Gasteiger partial charge in [0.05, 0.1) is 30.6 Å². The van der Waals surface area contributed by atoms with Gasteiger partial charge >= 0.3 is 0 Å². The van der Waals surface area contributed by atoms with Gasteiger partial charge in [0, 0.05) is 36.6 Å².